The quantitative estimate of drug-likeness (QED) is 0.810. The second kappa shape index (κ2) is 7.90. The number of amides is 1. The minimum Gasteiger partial charge on any atom is -0.354 e. The molecule has 140 valence electrons. The molecule has 0 radical (unpaired) electrons. The number of nitrogens with zero attached hydrogens (tertiary/aromatic N) is 3. The Kier molecular flexibility index (Phi) is 5.38. The summed E-state index contributed by atoms with van der Waals surface area (Å²) >= 11 is 1.73. The number of hydrogen-bond donors (Lipinski definition) is 2. The molecule has 6 nitrogen and oxygen atoms in total. The van der Waals surface area contributed by atoms with Crippen molar-refractivity contribution in [3.05, 3.63) is 40.6 Å². The summed E-state index contributed by atoms with van der Waals surface area (Å²) in [6.45, 7) is 4.46. The average Bonchev–Trinajstić information content (AvgIpc) is 3.41. The van der Waals surface area contributed by atoms with Crippen LogP contribution in [0.2, 0.25) is 0 Å². The van der Waals surface area contributed by atoms with Gasteiger partial charge in [0.15, 0.2) is 0 Å². The molecule has 26 heavy (non-hydrogen) atoms. The highest BCUT2D eigenvalue weighted by Gasteiger charge is 2.36. The van der Waals surface area contributed by atoms with Gasteiger partial charge in [0, 0.05) is 38.8 Å². The SMILES string of the molecule is Cn1cnc([C@@H]2CNC[C@H]2C(=O)NCC(c2ccsc2)N2CCCC2)c1. The van der Waals surface area contributed by atoms with Gasteiger partial charge in [-0.05, 0) is 48.3 Å². The second-order valence-corrected chi connectivity index (χ2v) is 8.18. The first-order chi connectivity index (χ1) is 12.7. The largest absolute Gasteiger partial charge is 0.354 e. The van der Waals surface area contributed by atoms with Gasteiger partial charge in [0.05, 0.1) is 24.0 Å². The Balaban J connectivity index is 1.41. The molecular formula is C19H27N5OS. The Morgan fingerprint density at radius 2 is 2.27 bits per heavy atom. The topological polar surface area (TPSA) is 62.2 Å². The van der Waals surface area contributed by atoms with Crippen LogP contribution in [0.1, 0.15) is 36.1 Å². The van der Waals surface area contributed by atoms with Crippen molar-refractivity contribution < 1.29 is 4.79 Å². The standard InChI is InChI=1S/C19H27N5OS/c1-23-11-17(22-13-23)15-8-20-9-16(15)19(25)21-10-18(14-4-7-26-12-14)24-5-2-3-6-24/h4,7,11-13,15-16,18,20H,2-3,5-6,8-10H2,1H3,(H,21,25)/t15-,16-,18?/m1/s1. The van der Waals surface area contributed by atoms with Crippen molar-refractivity contribution in [3.8, 4) is 0 Å². The Labute approximate surface area is 158 Å². The number of hydrogen-bond acceptors (Lipinski definition) is 5. The molecule has 0 aliphatic carbocycles. The molecule has 2 aliphatic rings. The molecule has 1 unspecified atom stereocenters. The first-order valence-electron chi connectivity index (χ1n) is 9.45. The molecule has 2 aliphatic heterocycles. The zero-order valence-corrected chi connectivity index (χ0v) is 16.0. The van der Waals surface area contributed by atoms with E-state index in [2.05, 4.69) is 37.3 Å². The number of rotatable bonds is 6. The van der Waals surface area contributed by atoms with Gasteiger partial charge in [-0.1, -0.05) is 0 Å². The number of imidazole rings is 1. The van der Waals surface area contributed by atoms with Crippen molar-refractivity contribution in [1.29, 1.82) is 0 Å². The summed E-state index contributed by atoms with van der Waals surface area (Å²) in [4.78, 5) is 19.9. The molecule has 2 saturated heterocycles. The van der Waals surface area contributed by atoms with Crippen molar-refractivity contribution in [2.24, 2.45) is 13.0 Å². The van der Waals surface area contributed by atoms with E-state index in [0.717, 1.165) is 31.9 Å². The van der Waals surface area contributed by atoms with Gasteiger partial charge in [-0.2, -0.15) is 11.3 Å². The molecule has 7 heteroatoms. The molecule has 2 aromatic rings. The van der Waals surface area contributed by atoms with E-state index in [4.69, 9.17) is 0 Å². The van der Waals surface area contributed by atoms with Crippen LogP contribution in [0.25, 0.3) is 0 Å². The minimum atomic E-state index is -0.0494. The van der Waals surface area contributed by atoms with Crippen LogP contribution >= 0.6 is 11.3 Å². The molecule has 4 heterocycles. The van der Waals surface area contributed by atoms with E-state index in [9.17, 15) is 4.79 Å². The van der Waals surface area contributed by atoms with Crippen LogP contribution in [0, 0.1) is 5.92 Å². The van der Waals surface area contributed by atoms with Crippen LogP contribution in [0.4, 0.5) is 0 Å². The van der Waals surface area contributed by atoms with E-state index in [-0.39, 0.29) is 23.8 Å². The molecule has 3 atom stereocenters. The number of likely N-dealkylation sites (tertiary alicyclic amines) is 1. The molecule has 0 saturated carbocycles. The van der Waals surface area contributed by atoms with Crippen LogP contribution in [0.3, 0.4) is 0 Å². The van der Waals surface area contributed by atoms with Gasteiger partial charge in [-0.25, -0.2) is 4.98 Å². The highest BCUT2D eigenvalue weighted by atomic mass is 32.1. The van der Waals surface area contributed by atoms with Crippen molar-refractivity contribution in [3.63, 3.8) is 0 Å². The van der Waals surface area contributed by atoms with Gasteiger partial charge in [-0.3, -0.25) is 9.69 Å². The van der Waals surface area contributed by atoms with Crippen LogP contribution in [0.15, 0.2) is 29.4 Å². The fraction of sp³-hybridized carbons (Fsp3) is 0.579. The molecule has 0 spiro atoms. The van der Waals surface area contributed by atoms with E-state index >= 15 is 0 Å². The summed E-state index contributed by atoms with van der Waals surface area (Å²) in [5.74, 6) is 0.249. The third kappa shape index (κ3) is 3.70. The lowest BCUT2D eigenvalue weighted by molar-refractivity contribution is -0.125. The molecule has 2 N–H and O–H groups in total. The molecule has 2 fully saturated rings. The van der Waals surface area contributed by atoms with Crippen molar-refractivity contribution in [2.75, 3.05) is 32.7 Å². The Morgan fingerprint density at radius 3 is 2.96 bits per heavy atom. The predicted octanol–water partition coefficient (Wildman–Crippen LogP) is 1.74. The van der Waals surface area contributed by atoms with Gasteiger partial charge in [0.1, 0.15) is 0 Å². The lowest BCUT2D eigenvalue weighted by atomic mass is 9.92. The number of aromatic nitrogens is 2. The number of carbonyl (C=O) groups excluding carboxylic acids is 1. The number of thiophene rings is 1. The smallest absolute Gasteiger partial charge is 0.225 e. The number of nitrogens with one attached hydrogen (secondary N) is 2. The Bertz CT molecular complexity index is 722. The molecule has 0 bridgehead atoms. The molecule has 0 aromatic carbocycles. The van der Waals surface area contributed by atoms with Gasteiger partial charge in [-0.15, -0.1) is 0 Å². The summed E-state index contributed by atoms with van der Waals surface area (Å²) in [5, 5.41) is 10.9. The van der Waals surface area contributed by atoms with Crippen LogP contribution in [0.5, 0.6) is 0 Å². The minimum absolute atomic E-state index is 0.0494. The Morgan fingerprint density at radius 1 is 1.42 bits per heavy atom. The molecular weight excluding hydrogens is 346 g/mol. The van der Waals surface area contributed by atoms with Gasteiger partial charge < -0.3 is 15.2 Å². The van der Waals surface area contributed by atoms with Crippen molar-refractivity contribution in [2.45, 2.75) is 24.8 Å². The second-order valence-electron chi connectivity index (χ2n) is 7.40. The maximum atomic E-state index is 12.9. The van der Waals surface area contributed by atoms with E-state index < -0.39 is 0 Å². The highest BCUT2D eigenvalue weighted by molar-refractivity contribution is 7.07. The van der Waals surface area contributed by atoms with Crippen LogP contribution in [-0.2, 0) is 11.8 Å². The zero-order chi connectivity index (χ0) is 17.9. The fourth-order valence-corrected chi connectivity index (χ4v) is 4.90. The third-order valence-electron chi connectivity index (χ3n) is 5.63. The van der Waals surface area contributed by atoms with E-state index in [0.29, 0.717) is 6.54 Å². The monoisotopic (exact) mass is 373 g/mol. The summed E-state index contributed by atoms with van der Waals surface area (Å²) < 4.78 is 1.95. The van der Waals surface area contributed by atoms with Gasteiger partial charge >= 0.3 is 0 Å². The lowest BCUT2D eigenvalue weighted by Gasteiger charge is -2.28. The summed E-state index contributed by atoms with van der Waals surface area (Å²) in [7, 11) is 1.97. The lowest BCUT2D eigenvalue weighted by Crippen LogP contribution is -2.40. The van der Waals surface area contributed by atoms with E-state index in [1.54, 1.807) is 11.3 Å². The molecule has 4 rings (SSSR count). The maximum absolute atomic E-state index is 12.9. The van der Waals surface area contributed by atoms with Crippen molar-refractivity contribution >= 4 is 17.2 Å². The highest BCUT2D eigenvalue weighted by Crippen LogP contribution is 2.29. The number of carbonyl (C=O) groups is 1. The van der Waals surface area contributed by atoms with Crippen molar-refractivity contribution in [1.82, 2.24) is 25.1 Å². The zero-order valence-electron chi connectivity index (χ0n) is 15.2. The molecule has 1 amide bonds. The fourth-order valence-electron chi connectivity index (χ4n) is 4.19. The first kappa shape index (κ1) is 17.7. The normalized spacial score (nSPS) is 24.8. The summed E-state index contributed by atoms with van der Waals surface area (Å²) in [6.07, 6.45) is 6.34. The van der Waals surface area contributed by atoms with E-state index in [1.807, 2.05) is 24.1 Å². The Hall–Kier alpha value is -1.70. The number of aryl methyl sites for hydroxylation is 1. The summed E-state index contributed by atoms with van der Waals surface area (Å²) in [5.41, 5.74) is 2.33. The molecule has 2 aromatic heterocycles. The third-order valence-corrected chi connectivity index (χ3v) is 6.34. The van der Waals surface area contributed by atoms with Crippen LogP contribution in [-0.4, -0.2) is 53.1 Å². The van der Waals surface area contributed by atoms with Crippen LogP contribution < -0.4 is 10.6 Å². The maximum Gasteiger partial charge on any atom is 0.225 e. The van der Waals surface area contributed by atoms with E-state index in [1.165, 1.54) is 18.4 Å². The predicted molar refractivity (Wildman–Crippen MR) is 103 cm³/mol. The average molecular weight is 374 g/mol. The van der Waals surface area contributed by atoms with Gasteiger partial charge in [0.2, 0.25) is 5.91 Å². The summed E-state index contributed by atoms with van der Waals surface area (Å²) in [6, 6.07) is 2.48. The first-order valence-corrected chi connectivity index (χ1v) is 10.4. The van der Waals surface area contributed by atoms with Gasteiger partial charge in [0.25, 0.3) is 0 Å².